The number of halogens is 2. The third-order valence-electron chi connectivity index (χ3n) is 4.71. The van der Waals surface area contributed by atoms with E-state index in [-0.39, 0.29) is 24.4 Å². The van der Waals surface area contributed by atoms with Gasteiger partial charge in [-0.15, -0.1) is 0 Å². The van der Waals surface area contributed by atoms with Crippen molar-refractivity contribution in [2.45, 2.75) is 38.3 Å². The molecule has 2 heterocycles. The van der Waals surface area contributed by atoms with Gasteiger partial charge in [-0.05, 0) is 48.2 Å². The van der Waals surface area contributed by atoms with Gasteiger partial charge in [-0.2, -0.15) is 0 Å². The Morgan fingerprint density at radius 3 is 1.56 bits per heavy atom. The maximum atomic E-state index is 6.52. The van der Waals surface area contributed by atoms with Crippen LogP contribution < -0.4 is 0 Å². The number of benzene rings is 2. The Morgan fingerprint density at radius 1 is 0.840 bits per heavy atom. The molecule has 0 aromatic heterocycles. The standard InChI is InChI=1S/C20H20Cl2O3/c1-11-7-13(3-5-15(11)21)19(17-9-23-17)25-20(18-10-24-18)14-4-6-16(22)12(2)8-14/h3-8,17-20H,9-10H2,1-2H3. The first-order valence-electron chi connectivity index (χ1n) is 8.43. The highest BCUT2D eigenvalue weighted by atomic mass is 35.5. The molecular weight excluding hydrogens is 359 g/mol. The summed E-state index contributed by atoms with van der Waals surface area (Å²) in [6.07, 6.45) is -0.118. The van der Waals surface area contributed by atoms with Crippen LogP contribution in [0, 0.1) is 13.8 Å². The van der Waals surface area contributed by atoms with Crippen molar-refractivity contribution >= 4 is 23.2 Å². The molecule has 0 aliphatic carbocycles. The predicted octanol–water partition coefficient (Wildman–Crippen LogP) is 5.21. The molecule has 0 radical (unpaired) electrons. The van der Waals surface area contributed by atoms with Gasteiger partial charge >= 0.3 is 0 Å². The molecule has 2 aliphatic heterocycles. The van der Waals surface area contributed by atoms with Crippen molar-refractivity contribution in [3.63, 3.8) is 0 Å². The minimum Gasteiger partial charge on any atom is -0.370 e. The first-order valence-corrected chi connectivity index (χ1v) is 9.19. The van der Waals surface area contributed by atoms with Crippen LogP contribution >= 0.6 is 23.2 Å². The summed E-state index contributed by atoms with van der Waals surface area (Å²) in [6, 6.07) is 12.0. The molecule has 2 saturated heterocycles. The highest BCUT2D eigenvalue weighted by Crippen LogP contribution is 2.41. The summed E-state index contributed by atoms with van der Waals surface area (Å²) in [5.74, 6) is 0. The molecule has 132 valence electrons. The Hall–Kier alpha value is -1.10. The van der Waals surface area contributed by atoms with Crippen molar-refractivity contribution in [3.05, 3.63) is 68.7 Å². The van der Waals surface area contributed by atoms with Crippen LogP contribution in [0.15, 0.2) is 36.4 Å². The van der Waals surface area contributed by atoms with Crippen LogP contribution in [-0.2, 0) is 14.2 Å². The fraction of sp³-hybridized carbons (Fsp3) is 0.400. The zero-order valence-corrected chi connectivity index (χ0v) is 15.7. The van der Waals surface area contributed by atoms with Gasteiger partial charge in [0, 0.05) is 10.0 Å². The first-order chi connectivity index (χ1) is 12.0. The van der Waals surface area contributed by atoms with Crippen molar-refractivity contribution in [2.24, 2.45) is 0 Å². The molecule has 3 nitrogen and oxygen atoms in total. The largest absolute Gasteiger partial charge is 0.370 e. The Morgan fingerprint density at radius 2 is 1.24 bits per heavy atom. The quantitative estimate of drug-likeness (QED) is 0.647. The maximum Gasteiger partial charge on any atom is 0.112 e. The van der Waals surface area contributed by atoms with E-state index in [2.05, 4.69) is 12.1 Å². The van der Waals surface area contributed by atoms with Crippen LogP contribution in [0.25, 0.3) is 0 Å². The van der Waals surface area contributed by atoms with Crippen molar-refractivity contribution in [1.82, 2.24) is 0 Å². The molecule has 4 rings (SSSR count). The lowest BCUT2D eigenvalue weighted by molar-refractivity contribution is -0.0419. The summed E-state index contributed by atoms with van der Waals surface area (Å²) in [5.41, 5.74) is 4.24. The van der Waals surface area contributed by atoms with E-state index in [9.17, 15) is 0 Å². The fourth-order valence-corrected chi connectivity index (χ4v) is 3.31. The smallest absolute Gasteiger partial charge is 0.112 e. The summed E-state index contributed by atoms with van der Waals surface area (Å²) in [6.45, 7) is 5.43. The van der Waals surface area contributed by atoms with E-state index in [1.807, 2.05) is 38.1 Å². The third-order valence-corrected chi connectivity index (χ3v) is 5.56. The Kier molecular flexibility index (Phi) is 4.78. The van der Waals surface area contributed by atoms with Crippen molar-refractivity contribution in [2.75, 3.05) is 13.2 Å². The predicted molar refractivity (Wildman–Crippen MR) is 98.4 cm³/mol. The molecule has 0 saturated carbocycles. The summed E-state index contributed by atoms with van der Waals surface area (Å²) in [4.78, 5) is 0. The molecule has 0 amide bonds. The van der Waals surface area contributed by atoms with Gasteiger partial charge in [0.15, 0.2) is 0 Å². The molecule has 4 unspecified atom stereocenters. The van der Waals surface area contributed by atoms with Crippen LogP contribution in [0.2, 0.25) is 10.0 Å². The van der Waals surface area contributed by atoms with Gasteiger partial charge in [0.05, 0.1) is 13.2 Å². The fourth-order valence-electron chi connectivity index (χ4n) is 3.07. The van der Waals surface area contributed by atoms with E-state index in [1.54, 1.807) is 0 Å². The number of rotatable bonds is 6. The number of aryl methyl sites for hydroxylation is 2. The van der Waals surface area contributed by atoms with E-state index < -0.39 is 0 Å². The van der Waals surface area contributed by atoms with Gasteiger partial charge in [0.25, 0.3) is 0 Å². The van der Waals surface area contributed by atoms with E-state index in [0.29, 0.717) is 13.2 Å². The van der Waals surface area contributed by atoms with Crippen LogP contribution in [0.5, 0.6) is 0 Å². The van der Waals surface area contributed by atoms with E-state index in [1.165, 1.54) is 0 Å². The lowest BCUT2D eigenvalue weighted by atomic mass is 10.0. The summed E-state index contributed by atoms with van der Waals surface area (Å²) >= 11 is 12.3. The van der Waals surface area contributed by atoms with Gasteiger partial charge in [0.2, 0.25) is 0 Å². The van der Waals surface area contributed by atoms with Gasteiger partial charge < -0.3 is 14.2 Å². The number of hydrogen-bond donors (Lipinski definition) is 0. The van der Waals surface area contributed by atoms with Gasteiger partial charge in [-0.1, -0.05) is 47.5 Å². The summed E-state index contributed by atoms with van der Waals surface area (Å²) in [7, 11) is 0. The third kappa shape index (κ3) is 3.86. The zero-order chi connectivity index (χ0) is 17.6. The molecule has 2 aromatic rings. The molecule has 25 heavy (non-hydrogen) atoms. The normalized spacial score (nSPS) is 24.0. The number of hydrogen-bond acceptors (Lipinski definition) is 3. The van der Waals surface area contributed by atoms with Crippen molar-refractivity contribution < 1.29 is 14.2 Å². The molecule has 2 aliphatic rings. The second kappa shape index (κ2) is 6.90. The monoisotopic (exact) mass is 378 g/mol. The molecule has 5 heteroatoms. The lowest BCUT2D eigenvalue weighted by Crippen LogP contribution is -2.19. The average Bonchev–Trinajstić information content (AvgIpc) is 3.46. The van der Waals surface area contributed by atoms with E-state index in [4.69, 9.17) is 37.4 Å². The van der Waals surface area contributed by atoms with Crippen LogP contribution in [0.1, 0.15) is 34.5 Å². The van der Waals surface area contributed by atoms with Crippen LogP contribution in [0.3, 0.4) is 0 Å². The van der Waals surface area contributed by atoms with E-state index in [0.717, 1.165) is 32.3 Å². The molecule has 0 spiro atoms. The minimum atomic E-state index is -0.138. The Balaban J connectivity index is 1.62. The average molecular weight is 379 g/mol. The SMILES string of the molecule is Cc1cc(C(OC(c2ccc(Cl)c(C)c2)C2CO2)C2CO2)ccc1Cl. The van der Waals surface area contributed by atoms with Crippen molar-refractivity contribution in [3.8, 4) is 0 Å². The van der Waals surface area contributed by atoms with Gasteiger partial charge in [-0.25, -0.2) is 0 Å². The highest BCUT2D eigenvalue weighted by Gasteiger charge is 2.42. The molecular formula is C20H20Cl2O3. The molecule has 0 N–H and O–H groups in total. The summed E-state index contributed by atoms with van der Waals surface area (Å²) in [5, 5.41) is 1.52. The minimum absolute atomic E-state index is 0.0789. The van der Waals surface area contributed by atoms with Crippen LogP contribution in [0.4, 0.5) is 0 Å². The maximum absolute atomic E-state index is 6.52. The van der Waals surface area contributed by atoms with Crippen LogP contribution in [-0.4, -0.2) is 25.4 Å². The Labute approximate surface area is 157 Å². The molecule has 2 fully saturated rings. The highest BCUT2D eigenvalue weighted by molar-refractivity contribution is 6.31. The van der Waals surface area contributed by atoms with Crippen molar-refractivity contribution in [1.29, 1.82) is 0 Å². The lowest BCUT2D eigenvalue weighted by Gasteiger charge is -2.24. The number of ether oxygens (including phenoxy) is 3. The zero-order valence-electron chi connectivity index (χ0n) is 14.2. The first kappa shape index (κ1) is 17.3. The Bertz CT molecular complexity index is 719. The van der Waals surface area contributed by atoms with Gasteiger partial charge in [0.1, 0.15) is 24.4 Å². The topological polar surface area (TPSA) is 34.3 Å². The number of epoxide rings is 2. The molecule has 0 bridgehead atoms. The van der Waals surface area contributed by atoms with E-state index >= 15 is 0 Å². The second-order valence-electron chi connectivity index (χ2n) is 6.74. The van der Waals surface area contributed by atoms with Gasteiger partial charge in [-0.3, -0.25) is 0 Å². The molecule has 4 atom stereocenters. The molecule has 2 aromatic carbocycles. The summed E-state index contributed by atoms with van der Waals surface area (Å²) < 4.78 is 17.6. The second-order valence-corrected chi connectivity index (χ2v) is 7.55.